The van der Waals surface area contributed by atoms with Crippen LogP contribution in [-0.2, 0) is 11.3 Å². The molecule has 6 heteroatoms. The first-order chi connectivity index (χ1) is 13.7. The summed E-state index contributed by atoms with van der Waals surface area (Å²) in [7, 11) is 0. The molecule has 0 radical (unpaired) electrons. The first-order valence-corrected chi connectivity index (χ1v) is 11.3. The van der Waals surface area contributed by atoms with Gasteiger partial charge in [-0.3, -0.25) is 0 Å². The molecule has 0 bridgehead atoms. The lowest BCUT2D eigenvalue weighted by molar-refractivity contribution is 0.114. The maximum Gasteiger partial charge on any atom is 0.159 e. The van der Waals surface area contributed by atoms with E-state index in [1.807, 2.05) is 5.38 Å². The molecule has 1 fully saturated rings. The van der Waals surface area contributed by atoms with Crippen LogP contribution in [0.1, 0.15) is 57.1 Å². The summed E-state index contributed by atoms with van der Waals surface area (Å²) in [5.74, 6) is -0.817. The molecule has 2 heterocycles. The van der Waals surface area contributed by atoms with Crippen molar-refractivity contribution in [2.75, 3.05) is 19.7 Å². The molecule has 1 aliphatic heterocycles. The Hall–Kier alpha value is -1.37. The second kappa shape index (κ2) is 11.6. The Morgan fingerprint density at radius 3 is 2.89 bits per heavy atom. The zero-order valence-electron chi connectivity index (χ0n) is 16.4. The van der Waals surface area contributed by atoms with Crippen LogP contribution in [-0.4, -0.2) is 24.7 Å². The number of thiazole rings is 1. The number of halogens is 2. The number of rotatable bonds is 10. The summed E-state index contributed by atoms with van der Waals surface area (Å²) in [6.07, 6.45) is 10.3. The van der Waals surface area contributed by atoms with Crippen molar-refractivity contribution in [1.82, 2.24) is 10.3 Å². The fourth-order valence-corrected chi connectivity index (χ4v) is 4.44. The zero-order chi connectivity index (χ0) is 19.6. The van der Waals surface area contributed by atoms with Gasteiger partial charge in [0.25, 0.3) is 0 Å². The normalized spacial score (nSPS) is 17.6. The monoisotopic (exact) mass is 408 g/mol. The molecule has 1 saturated heterocycles. The van der Waals surface area contributed by atoms with Crippen molar-refractivity contribution in [3.05, 3.63) is 40.9 Å². The molecule has 1 aliphatic rings. The lowest BCUT2D eigenvalue weighted by Gasteiger charge is -2.13. The number of unbranched alkanes of at least 4 members (excludes halogenated alkanes) is 3. The molecule has 3 rings (SSSR count). The van der Waals surface area contributed by atoms with Crippen molar-refractivity contribution in [2.24, 2.45) is 5.92 Å². The predicted octanol–water partition coefficient (Wildman–Crippen LogP) is 5.95. The van der Waals surface area contributed by atoms with E-state index < -0.39 is 11.6 Å². The maximum atomic E-state index is 13.3. The van der Waals surface area contributed by atoms with Gasteiger partial charge < -0.3 is 10.1 Å². The molecule has 3 nitrogen and oxygen atoms in total. The van der Waals surface area contributed by atoms with E-state index in [2.05, 4.69) is 10.3 Å². The van der Waals surface area contributed by atoms with Gasteiger partial charge in [0, 0.05) is 17.6 Å². The zero-order valence-corrected chi connectivity index (χ0v) is 17.2. The summed E-state index contributed by atoms with van der Waals surface area (Å²) < 4.78 is 32.1. The minimum Gasteiger partial charge on any atom is -0.375 e. The lowest BCUT2D eigenvalue weighted by atomic mass is 9.96. The van der Waals surface area contributed by atoms with E-state index in [1.165, 1.54) is 75.4 Å². The Kier molecular flexibility index (Phi) is 8.83. The van der Waals surface area contributed by atoms with Crippen LogP contribution in [0.4, 0.5) is 8.78 Å². The molecular weight excluding hydrogens is 378 g/mol. The minimum atomic E-state index is -0.846. The van der Waals surface area contributed by atoms with Gasteiger partial charge in [-0.25, -0.2) is 13.8 Å². The summed E-state index contributed by atoms with van der Waals surface area (Å²) in [6, 6.07) is 3.87. The summed E-state index contributed by atoms with van der Waals surface area (Å²) in [6.45, 7) is 3.59. The van der Waals surface area contributed by atoms with Crippen LogP contribution in [0.15, 0.2) is 23.6 Å². The summed E-state index contributed by atoms with van der Waals surface area (Å²) >= 11 is 1.42. The Morgan fingerprint density at radius 1 is 1.11 bits per heavy atom. The highest BCUT2D eigenvalue weighted by molar-refractivity contribution is 7.13. The van der Waals surface area contributed by atoms with E-state index in [0.29, 0.717) is 17.2 Å². The molecule has 2 aromatic rings. The van der Waals surface area contributed by atoms with E-state index in [4.69, 9.17) is 4.74 Å². The van der Waals surface area contributed by atoms with E-state index in [9.17, 15) is 8.78 Å². The Morgan fingerprint density at radius 2 is 2.00 bits per heavy atom. The first kappa shape index (κ1) is 21.3. The van der Waals surface area contributed by atoms with Gasteiger partial charge in [0.1, 0.15) is 5.01 Å². The van der Waals surface area contributed by atoms with E-state index >= 15 is 0 Å². The molecule has 0 amide bonds. The lowest BCUT2D eigenvalue weighted by Crippen LogP contribution is -2.20. The quantitative estimate of drug-likeness (QED) is 0.494. The van der Waals surface area contributed by atoms with E-state index in [0.717, 1.165) is 30.7 Å². The first-order valence-electron chi connectivity index (χ1n) is 10.4. The highest BCUT2D eigenvalue weighted by Crippen LogP contribution is 2.25. The average Bonchev–Trinajstić information content (AvgIpc) is 3.01. The van der Waals surface area contributed by atoms with Crippen molar-refractivity contribution >= 4 is 11.3 Å². The summed E-state index contributed by atoms with van der Waals surface area (Å²) in [5, 5.41) is 6.14. The molecule has 28 heavy (non-hydrogen) atoms. The van der Waals surface area contributed by atoms with Crippen LogP contribution >= 0.6 is 11.3 Å². The molecule has 0 spiro atoms. The summed E-state index contributed by atoms with van der Waals surface area (Å²) in [4.78, 5) is 4.46. The standard InChI is InChI=1S/C22H30F2N2OS/c23-20-10-9-18(13-21(20)24)22-26-19(16-28-22)15-27-12-6-2-1-3-7-17-8-4-5-11-25-14-17/h9-10,13,16-17,25H,1-8,11-12,14-15H2. The maximum absolute atomic E-state index is 13.3. The second-order valence-corrected chi connectivity index (χ2v) is 8.45. The van der Waals surface area contributed by atoms with E-state index in [-0.39, 0.29) is 0 Å². The van der Waals surface area contributed by atoms with Gasteiger partial charge in [-0.1, -0.05) is 25.7 Å². The number of nitrogens with one attached hydrogen (secondary N) is 1. The van der Waals surface area contributed by atoms with Crippen LogP contribution in [0.25, 0.3) is 10.6 Å². The van der Waals surface area contributed by atoms with Gasteiger partial charge in [-0.2, -0.15) is 0 Å². The molecule has 1 unspecified atom stereocenters. The number of benzene rings is 1. The average molecular weight is 409 g/mol. The fraction of sp³-hybridized carbons (Fsp3) is 0.591. The minimum absolute atomic E-state index is 0.466. The number of ether oxygens (including phenoxy) is 1. The molecule has 1 aromatic heterocycles. The second-order valence-electron chi connectivity index (χ2n) is 7.59. The number of hydrogen-bond donors (Lipinski definition) is 1. The SMILES string of the molecule is Fc1ccc(-c2nc(COCCCCCCC3CCCCNC3)cs2)cc1F. The van der Waals surface area contributed by atoms with Crippen LogP contribution in [0.3, 0.4) is 0 Å². The van der Waals surface area contributed by atoms with Crippen LogP contribution in [0.2, 0.25) is 0 Å². The van der Waals surface area contributed by atoms with Gasteiger partial charge in [0.15, 0.2) is 11.6 Å². The summed E-state index contributed by atoms with van der Waals surface area (Å²) in [5.41, 5.74) is 1.43. The van der Waals surface area contributed by atoms with Gasteiger partial charge >= 0.3 is 0 Å². The molecule has 1 aromatic carbocycles. The molecule has 1 atom stereocenters. The van der Waals surface area contributed by atoms with Gasteiger partial charge in [-0.05, 0) is 62.9 Å². The fourth-order valence-electron chi connectivity index (χ4n) is 3.64. The third-order valence-corrected chi connectivity index (χ3v) is 6.21. The van der Waals surface area contributed by atoms with Gasteiger partial charge in [0.05, 0.1) is 12.3 Å². The highest BCUT2D eigenvalue weighted by Gasteiger charge is 2.11. The molecule has 0 aliphatic carbocycles. The topological polar surface area (TPSA) is 34.1 Å². The van der Waals surface area contributed by atoms with E-state index in [1.54, 1.807) is 6.07 Å². The molecular formula is C22H30F2N2OS. The Balaban J connectivity index is 1.26. The van der Waals surface area contributed by atoms with Crippen molar-refractivity contribution in [3.8, 4) is 10.6 Å². The largest absolute Gasteiger partial charge is 0.375 e. The van der Waals surface area contributed by atoms with Crippen LogP contribution in [0, 0.1) is 17.6 Å². The van der Waals surface area contributed by atoms with Crippen molar-refractivity contribution in [2.45, 2.75) is 58.0 Å². The molecule has 154 valence electrons. The van der Waals surface area contributed by atoms with Crippen molar-refractivity contribution < 1.29 is 13.5 Å². The van der Waals surface area contributed by atoms with Gasteiger partial charge in [-0.15, -0.1) is 11.3 Å². The third kappa shape index (κ3) is 6.90. The van der Waals surface area contributed by atoms with Crippen molar-refractivity contribution in [3.63, 3.8) is 0 Å². The number of nitrogens with zero attached hydrogens (tertiary/aromatic N) is 1. The number of hydrogen-bond acceptors (Lipinski definition) is 4. The van der Waals surface area contributed by atoms with Crippen LogP contribution < -0.4 is 5.32 Å². The van der Waals surface area contributed by atoms with Crippen molar-refractivity contribution in [1.29, 1.82) is 0 Å². The molecule has 1 N–H and O–H groups in total. The van der Waals surface area contributed by atoms with Crippen LogP contribution in [0.5, 0.6) is 0 Å². The smallest absolute Gasteiger partial charge is 0.159 e. The Bertz CT molecular complexity index is 714. The van der Waals surface area contributed by atoms with Gasteiger partial charge in [0.2, 0.25) is 0 Å². The number of aromatic nitrogens is 1. The third-order valence-electron chi connectivity index (χ3n) is 5.27. The highest BCUT2D eigenvalue weighted by atomic mass is 32.1. The predicted molar refractivity (Wildman–Crippen MR) is 110 cm³/mol. The molecule has 0 saturated carbocycles. The Labute approximate surface area is 170 Å².